The number of halogens is 1. The number of hydrogen-bond acceptors (Lipinski definition) is 3. The highest BCUT2D eigenvalue weighted by atomic mass is 127. The second kappa shape index (κ2) is 10.0. The number of hydrogen-bond donors (Lipinski definition) is 2. The van der Waals surface area contributed by atoms with Crippen LogP contribution in [0.3, 0.4) is 0 Å². The first kappa shape index (κ1) is 21.0. The van der Waals surface area contributed by atoms with Gasteiger partial charge in [0.05, 0.1) is 0 Å². The van der Waals surface area contributed by atoms with Gasteiger partial charge in [-0.1, -0.05) is 6.92 Å². The van der Waals surface area contributed by atoms with Gasteiger partial charge in [-0.15, -0.1) is 24.0 Å². The van der Waals surface area contributed by atoms with Gasteiger partial charge in [0.15, 0.2) is 5.96 Å². The van der Waals surface area contributed by atoms with Crippen LogP contribution in [0.25, 0.3) is 0 Å². The fourth-order valence-corrected chi connectivity index (χ4v) is 3.49. The molecule has 0 aromatic heterocycles. The van der Waals surface area contributed by atoms with Crippen molar-refractivity contribution < 1.29 is 0 Å². The van der Waals surface area contributed by atoms with E-state index in [1.807, 2.05) is 7.05 Å². The largest absolute Gasteiger partial charge is 0.356 e. The number of aliphatic imine (C=N–C) groups is 1. The summed E-state index contributed by atoms with van der Waals surface area (Å²) in [4.78, 5) is 9.39. The third-order valence-electron chi connectivity index (χ3n) is 5.31. The average molecular weight is 437 g/mol. The van der Waals surface area contributed by atoms with E-state index in [4.69, 9.17) is 0 Å². The van der Waals surface area contributed by atoms with E-state index in [1.54, 1.807) is 0 Å². The van der Waals surface area contributed by atoms with Crippen molar-refractivity contribution in [2.75, 3.05) is 46.8 Å². The zero-order valence-electron chi connectivity index (χ0n) is 15.5. The second-order valence-corrected chi connectivity index (χ2v) is 7.48. The summed E-state index contributed by atoms with van der Waals surface area (Å²) in [6, 6.07) is 1.13. The molecular weight excluding hydrogens is 401 g/mol. The molecule has 2 fully saturated rings. The van der Waals surface area contributed by atoms with Gasteiger partial charge < -0.3 is 15.5 Å². The van der Waals surface area contributed by atoms with Crippen molar-refractivity contribution in [2.45, 2.75) is 45.7 Å². The highest BCUT2D eigenvalue weighted by molar-refractivity contribution is 14.0. The fraction of sp³-hybridized carbons (Fsp3) is 0.941. The van der Waals surface area contributed by atoms with E-state index in [9.17, 15) is 0 Å². The van der Waals surface area contributed by atoms with Crippen LogP contribution in [0, 0.1) is 11.8 Å². The fourth-order valence-electron chi connectivity index (χ4n) is 3.49. The molecule has 2 heterocycles. The maximum absolute atomic E-state index is 4.42. The molecule has 0 aromatic rings. The summed E-state index contributed by atoms with van der Waals surface area (Å²) in [5, 5.41) is 7.18. The lowest BCUT2D eigenvalue weighted by Gasteiger charge is -2.30. The highest BCUT2D eigenvalue weighted by Gasteiger charge is 2.31. The lowest BCUT2D eigenvalue weighted by atomic mass is 9.97. The van der Waals surface area contributed by atoms with Gasteiger partial charge in [0.1, 0.15) is 0 Å². The smallest absolute Gasteiger partial charge is 0.191 e. The molecule has 0 aliphatic carbocycles. The molecule has 6 heteroatoms. The minimum absolute atomic E-state index is 0. The summed E-state index contributed by atoms with van der Waals surface area (Å²) in [6.45, 7) is 12.7. The van der Waals surface area contributed by atoms with Gasteiger partial charge in [-0.3, -0.25) is 9.89 Å². The monoisotopic (exact) mass is 437 g/mol. The van der Waals surface area contributed by atoms with E-state index in [0.717, 1.165) is 25.0 Å². The Morgan fingerprint density at radius 1 is 1.22 bits per heavy atom. The van der Waals surface area contributed by atoms with E-state index in [2.05, 4.69) is 53.2 Å². The summed E-state index contributed by atoms with van der Waals surface area (Å²) in [5.74, 6) is 2.42. The zero-order valence-corrected chi connectivity index (χ0v) is 17.8. The first-order valence-corrected chi connectivity index (χ1v) is 8.89. The number of rotatable bonds is 4. The molecule has 2 N–H and O–H groups in total. The van der Waals surface area contributed by atoms with Gasteiger partial charge in [-0.05, 0) is 58.7 Å². The molecule has 2 atom stereocenters. The van der Waals surface area contributed by atoms with Crippen molar-refractivity contribution in [1.82, 2.24) is 20.4 Å². The first-order chi connectivity index (χ1) is 10.5. The van der Waals surface area contributed by atoms with Crippen LogP contribution in [0.4, 0.5) is 0 Å². The molecule has 2 aliphatic heterocycles. The van der Waals surface area contributed by atoms with Crippen LogP contribution in [0.15, 0.2) is 4.99 Å². The molecule has 0 spiro atoms. The van der Waals surface area contributed by atoms with Gasteiger partial charge in [0.25, 0.3) is 0 Å². The molecule has 5 nitrogen and oxygen atoms in total. The Bertz CT molecular complexity index is 366. The average Bonchev–Trinajstić information content (AvgIpc) is 2.86. The summed E-state index contributed by atoms with van der Waals surface area (Å²) >= 11 is 0. The molecule has 2 saturated heterocycles. The lowest BCUT2D eigenvalue weighted by molar-refractivity contribution is 0.220. The normalized spacial score (nSPS) is 28.0. The van der Waals surface area contributed by atoms with Crippen LogP contribution in [0.2, 0.25) is 0 Å². The second-order valence-electron chi connectivity index (χ2n) is 7.48. The summed E-state index contributed by atoms with van der Waals surface area (Å²) in [5.41, 5.74) is 0. The van der Waals surface area contributed by atoms with Crippen LogP contribution < -0.4 is 10.6 Å². The number of nitrogens with zero attached hydrogens (tertiary/aromatic N) is 3. The Hall–Kier alpha value is -0.0800. The number of piperidine rings is 1. The van der Waals surface area contributed by atoms with Crippen LogP contribution in [-0.4, -0.2) is 74.7 Å². The van der Waals surface area contributed by atoms with Crippen molar-refractivity contribution in [3.05, 3.63) is 0 Å². The minimum atomic E-state index is 0. The van der Waals surface area contributed by atoms with E-state index in [1.165, 1.54) is 32.5 Å². The Labute approximate surface area is 159 Å². The third kappa shape index (κ3) is 6.38. The first-order valence-electron chi connectivity index (χ1n) is 8.89. The van der Waals surface area contributed by atoms with E-state index >= 15 is 0 Å². The molecule has 0 aromatic carbocycles. The van der Waals surface area contributed by atoms with Crippen molar-refractivity contribution in [3.63, 3.8) is 0 Å². The van der Waals surface area contributed by atoms with Crippen LogP contribution >= 0.6 is 24.0 Å². The molecule has 0 radical (unpaired) electrons. The van der Waals surface area contributed by atoms with E-state index in [0.29, 0.717) is 18.0 Å². The summed E-state index contributed by atoms with van der Waals surface area (Å²) in [6.07, 6.45) is 2.59. The Kier molecular flexibility index (Phi) is 9.15. The Morgan fingerprint density at radius 2 is 1.87 bits per heavy atom. The van der Waals surface area contributed by atoms with E-state index < -0.39 is 0 Å². The molecule has 0 amide bonds. The molecule has 0 saturated carbocycles. The van der Waals surface area contributed by atoms with Gasteiger partial charge in [0, 0.05) is 38.8 Å². The topological polar surface area (TPSA) is 42.9 Å². The minimum Gasteiger partial charge on any atom is -0.356 e. The SMILES string of the molecule is CN=C(NCC1CCN(C)CC1)NC1CN(C(C)C)CC1C.I. The molecule has 0 bridgehead atoms. The molecule has 23 heavy (non-hydrogen) atoms. The van der Waals surface area contributed by atoms with Gasteiger partial charge in [0.2, 0.25) is 0 Å². The Balaban J connectivity index is 0.00000264. The number of likely N-dealkylation sites (tertiary alicyclic amines) is 2. The maximum atomic E-state index is 4.42. The van der Waals surface area contributed by atoms with E-state index in [-0.39, 0.29) is 24.0 Å². The maximum Gasteiger partial charge on any atom is 0.191 e. The van der Waals surface area contributed by atoms with Crippen LogP contribution in [0.5, 0.6) is 0 Å². The van der Waals surface area contributed by atoms with Crippen molar-refractivity contribution in [1.29, 1.82) is 0 Å². The zero-order chi connectivity index (χ0) is 16.1. The number of guanidine groups is 1. The van der Waals surface area contributed by atoms with Crippen molar-refractivity contribution in [2.24, 2.45) is 16.8 Å². The standard InChI is InChI=1S/C17H35N5.HI/c1-13(2)22-11-14(3)16(12-22)20-17(18-4)19-10-15-6-8-21(5)9-7-15;/h13-16H,6-12H2,1-5H3,(H2,18,19,20);1H. The van der Waals surface area contributed by atoms with Crippen LogP contribution in [-0.2, 0) is 0 Å². The lowest BCUT2D eigenvalue weighted by Crippen LogP contribution is -2.48. The summed E-state index contributed by atoms with van der Waals surface area (Å²) < 4.78 is 0. The molecule has 2 unspecified atom stereocenters. The molecular formula is C17H36IN5. The number of nitrogens with one attached hydrogen (secondary N) is 2. The Morgan fingerprint density at radius 3 is 2.39 bits per heavy atom. The van der Waals surface area contributed by atoms with Gasteiger partial charge in [-0.25, -0.2) is 0 Å². The summed E-state index contributed by atoms with van der Waals surface area (Å²) in [7, 11) is 4.09. The molecule has 136 valence electrons. The van der Waals surface area contributed by atoms with Gasteiger partial charge >= 0.3 is 0 Å². The predicted octanol–water partition coefficient (Wildman–Crippen LogP) is 1.84. The van der Waals surface area contributed by atoms with Crippen LogP contribution in [0.1, 0.15) is 33.6 Å². The van der Waals surface area contributed by atoms with Crippen molar-refractivity contribution in [3.8, 4) is 0 Å². The third-order valence-corrected chi connectivity index (χ3v) is 5.31. The molecule has 2 rings (SSSR count). The highest BCUT2D eigenvalue weighted by Crippen LogP contribution is 2.19. The predicted molar refractivity (Wildman–Crippen MR) is 110 cm³/mol. The molecule has 2 aliphatic rings. The van der Waals surface area contributed by atoms with Crippen molar-refractivity contribution >= 4 is 29.9 Å². The van der Waals surface area contributed by atoms with Gasteiger partial charge in [-0.2, -0.15) is 0 Å². The quantitative estimate of drug-likeness (QED) is 0.400.